The van der Waals surface area contributed by atoms with Crippen LogP contribution < -0.4 is 11.2 Å². The van der Waals surface area contributed by atoms with Crippen molar-refractivity contribution in [3.05, 3.63) is 37.4 Å². The summed E-state index contributed by atoms with van der Waals surface area (Å²) >= 11 is 1.45. The number of methoxy groups -OCH3 is 2. The van der Waals surface area contributed by atoms with Crippen molar-refractivity contribution in [1.82, 2.24) is 14.5 Å². The molecule has 0 aromatic carbocycles. The van der Waals surface area contributed by atoms with E-state index >= 15 is 0 Å². The highest BCUT2D eigenvalue weighted by atomic mass is 32.1. The summed E-state index contributed by atoms with van der Waals surface area (Å²) < 4.78 is 11.6. The van der Waals surface area contributed by atoms with Crippen molar-refractivity contribution in [3.8, 4) is 11.3 Å². The quantitative estimate of drug-likeness (QED) is 0.804. The third kappa shape index (κ3) is 3.66. The Labute approximate surface area is 125 Å². The second kappa shape index (κ2) is 6.79. The highest BCUT2D eigenvalue weighted by Gasteiger charge is 2.11. The first-order valence-corrected chi connectivity index (χ1v) is 7.25. The molecule has 0 saturated heterocycles. The maximum atomic E-state index is 11.9. The van der Waals surface area contributed by atoms with Crippen LogP contribution in [0.3, 0.4) is 0 Å². The average Bonchev–Trinajstić information content (AvgIpc) is 2.88. The molecule has 114 valence electrons. The molecule has 0 radical (unpaired) electrons. The molecule has 1 N–H and O–H groups in total. The maximum absolute atomic E-state index is 11.9. The van der Waals surface area contributed by atoms with E-state index in [1.54, 1.807) is 5.38 Å². The summed E-state index contributed by atoms with van der Waals surface area (Å²) in [6.45, 7) is 2.23. The number of nitrogens with one attached hydrogen (secondary N) is 1. The summed E-state index contributed by atoms with van der Waals surface area (Å²) in [5.74, 6) is 0. The summed E-state index contributed by atoms with van der Waals surface area (Å²) in [7, 11) is 3.07. The summed E-state index contributed by atoms with van der Waals surface area (Å²) in [4.78, 5) is 30.3. The average molecular weight is 311 g/mol. The summed E-state index contributed by atoms with van der Waals surface area (Å²) in [6, 6.07) is 0. The number of ether oxygens (including phenoxy) is 2. The van der Waals surface area contributed by atoms with E-state index in [9.17, 15) is 9.59 Å². The van der Waals surface area contributed by atoms with Gasteiger partial charge in [0.25, 0.3) is 5.56 Å². The number of thiazole rings is 1. The fraction of sp³-hybridized carbons (Fsp3) is 0.462. The minimum atomic E-state index is -0.457. The molecule has 2 aromatic rings. The minimum Gasteiger partial charge on any atom is -0.356 e. The molecule has 0 fully saturated rings. The molecule has 0 atom stereocenters. The van der Waals surface area contributed by atoms with Crippen LogP contribution in [0.5, 0.6) is 0 Å². The number of hydrogen-bond donors (Lipinski definition) is 1. The monoisotopic (exact) mass is 311 g/mol. The molecule has 0 aliphatic carbocycles. The summed E-state index contributed by atoms with van der Waals surface area (Å²) in [6.07, 6.45) is 1.63. The second-order valence-corrected chi connectivity index (χ2v) is 5.50. The van der Waals surface area contributed by atoms with Gasteiger partial charge in [-0.05, 0) is 6.92 Å². The van der Waals surface area contributed by atoms with Crippen molar-refractivity contribution < 1.29 is 9.47 Å². The van der Waals surface area contributed by atoms with Crippen molar-refractivity contribution in [2.24, 2.45) is 0 Å². The van der Waals surface area contributed by atoms with Gasteiger partial charge < -0.3 is 9.47 Å². The van der Waals surface area contributed by atoms with Gasteiger partial charge >= 0.3 is 5.69 Å². The predicted octanol–water partition coefficient (Wildman–Crippen LogP) is 0.978. The van der Waals surface area contributed by atoms with Crippen LogP contribution in [0.15, 0.2) is 21.2 Å². The summed E-state index contributed by atoms with van der Waals surface area (Å²) in [5, 5.41) is 2.66. The van der Waals surface area contributed by atoms with Gasteiger partial charge in [0.2, 0.25) is 0 Å². The van der Waals surface area contributed by atoms with Crippen molar-refractivity contribution >= 4 is 11.3 Å². The second-order valence-electron chi connectivity index (χ2n) is 4.44. The molecule has 0 bridgehead atoms. The maximum Gasteiger partial charge on any atom is 0.328 e. The van der Waals surface area contributed by atoms with E-state index in [0.29, 0.717) is 24.2 Å². The Morgan fingerprint density at radius 1 is 1.38 bits per heavy atom. The molecule has 7 nitrogen and oxygen atoms in total. The number of aromatic amines is 1. The Hall–Kier alpha value is -1.77. The number of hydrogen-bond acceptors (Lipinski definition) is 6. The Kier molecular flexibility index (Phi) is 5.05. The Morgan fingerprint density at radius 2 is 2.10 bits per heavy atom. The van der Waals surface area contributed by atoms with Crippen LogP contribution in [0.4, 0.5) is 0 Å². The van der Waals surface area contributed by atoms with Crippen molar-refractivity contribution in [3.63, 3.8) is 0 Å². The zero-order valence-corrected chi connectivity index (χ0v) is 12.9. The van der Waals surface area contributed by atoms with Crippen LogP contribution in [0.2, 0.25) is 0 Å². The van der Waals surface area contributed by atoms with Gasteiger partial charge in [-0.1, -0.05) is 0 Å². The Balaban J connectivity index is 2.31. The molecule has 2 heterocycles. The molecular formula is C13H17N3O4S. The molecular weight excluding hydrogens is 294 g/mol. The molecule has 0 aliphatic heterocycles. The molecule has 0 saturated carbocycles. The van der Waals surface area contributed by atoms with Gasteiger partial charge in [-0.25, -0.2) is 9.78 Å². The van der Waals surface area contributed by atoms with Gasteiger partial charge in [0.05, 0.1) is 16.3 Å². The lowest BCUT2D eigenvalue weighted by atomic mass is 10.2. The molecule has 2 rings (SSSR count). The Bertz CT molecular complexity index is 715. The van der Waals surface area contributed by atoms with Crippen LogP contribution in [0.25, 0.3) is 11.3 Å². The summed E-state index contributed by atoms with van der Waals surface area (Å²) in [5.41, 5.74) is 0.0612. The van der Waals surface area contributed by atoms with Gasteiger partial charge in [0.1, 0.15) is 0 Å². The van der Waals surface area contributed by atoms with Crippen molar-refractivity contribution in [2.75, 3.05) is 14.2 Å². The lowest BCUT2D eigenvalue weighted by Crippen LogP contribution is -2.31. The van der Waals surface area contributed by atoms with E-state index in [-0.39, 0.29) is 0 Å². The van der Waals surface area contributed by atoms with E-state index in [0.717, 1.165) is 5.01 Å². The third-order valence-corrected chi connectivity index (χ3v) is 3.81. The van der Waals surface area contributed by atoms with Crippen LogP contribution in [-0.2, 0) is 16.0 Å². The molecule has 8 heteroatoms. The fourth-order valence-corrected chi connectivity index (χ4v) is 2.53. The van der Waals surface area contributed by atoms with E-state index in [4.69, 9.17) is 9.47 Å². The number of rotatable bonds is 6. The van der Waals surface area contributed by atoms with E-state index in [1.807, 2.05) is 6.92 Å². The van der Waals surface area contributed by atoms with Crippen LogP contribution in [0, 0.1) is 6.92 Å². The van der Waals surface area contributed by atoms with Crippen LogP contribution >= 0.6 is 11.3 Å². The smallest absolute Gasteiger partial charge is 0.328 e. The van der Waals surface area contributed by atoms with Crippen LogP contribution in [-0.4, -0.2) is 35.0 Å². The first-order valence-electron chi connectivity index (χ1n) is 6.37. The molecule has 0 amide bonds. The van der Waals surface area contributed by atoms with Crippen molar-refractivity contribution in [2.45, 2.75) is 26.2 Å². The van der Waals surface area contributed by atoms with Gasteiger partial charge in [-0.2, -0.15) is 0 Å². The molecule has 0 spiro atoms. The highest BCUT2D eigenvalue weighted by molar-refractivity contribution is 7.09. The third-order valence-electron chi connectivity index (χ3n) is 3.04. The van der Waals surface area contributed by atoms with Crippen molar-refractivity contribution in [1.29, 1.82) is 0 Å². The first kappa shape index (κ1) is 15.6. The lowest BCUT2D eigenvalue weighted by Gasteiger charge is -2.14. The Morgan fingerprint density at radius 3 is 2.67 bits per heavy atom. The SMILES string of the molecule is COC(CCn1cc(-c2csc(C)n2)c(=O)[nH]c1=O)OC. The topological polar surface area (TPSA) is 86.2 Å². The van der Waals surface area contributed by atoms with Gasteiger partial charge in [-0.15, -0.1) is 11.3 Å². The standard InChI is InChI=1S/C13H17N3O4S/c1-8-14-10(7-21-8)9-6-16(13(18)15-12(9)17)5-4-11(19-2)20-3/h6-7,11H,4-5H2,1-3H3,(H,15,17,18). The number of nitrogens with zero attached hydrogens (tertiary/aromatic N) is 2. The predicted molar refractivity (Wildman–Crippen MR) is 79.6 cm³/mol. The van der Waals surface area contributed by atoms with Gasteiger partial charge in [0, 0.05) is 38.8 Å². The number of aromatic nitrogens is 3. The zero-order chi connectivity index (χ0) is 15.4. The normalized spacial score (nSPS) is 11.2. The van der Waals surface area contributed by atoms with E-state index in [1.165, 1.54) is 36.3 Å². The molecule has 2 aromatic heterocycles. The largest absolute Gasteiger partial charge is 0.356 e. The highest BCUT2D eigenvalue weighted by Crippen LogP contribution is 2.17. The molecule has 0 aliphatic rings. The van der Waals surface area contributed by atoms with Gasteiger partial charge in [-0.3, -0.25) is 14.3 Å². The van der Waals surface area contributed by atoms with E-state index < -0.39 is 17.5 Å². The van der Waals surface area contributed by atoms with Gasteiger partial charge in [0.15, 0.2) is 6.29 Å². The lowest BCUT2D eigenvalue weighted by molar-refractivity contribution is -0.108. The molecule has 21 heavy (non-hydrogen) atoms. The first-order chi connectivity index (χ1) is 10.0. The van der Waals surface area contributed by atoms with E-state index in [2.05, 4.69) is 9.97 Å². The van der Waals surface area contributed by atoms with Crippen LogP contribution in [0.1, 0.15) is 11.4 Å². The zero-order valence-electron chi connectivity index (χ0n) is 12.1. The minimum absolute atomic E-state index is 0.373. The fourth-order valence-electron chi connectivity index (χ4n) is 1.92. The number of H-pyrrole nitrogens is 1. The number of aryl methyl sites for hydroxylation is 2. The molecule has 0 unspecified atom stereocenters.